The van der Waals surface area contributed by atoms with Crippen LogP contribution < -0.4 is 5.32 Å². The van der Waals surface area contributed by atoms with E-state index in [1.165, 1.54) is 17.2 Å². The van der Waals surface area contributed by atoms with Crippen LogP contribution in [0.1, 0.15) is 35.2 Å². The highest BCUT2D eigenvalue weighted by molar-refractivity contribution is 6.31. The van der Waals surface area contributed by atoms with Gasteiger partial charge >= 0.3 is 0 Å². The van der Waals surface area contributed by atoms with Crippen LogP contribution in [-0.4, -0.2) is 6.54 Å². The van der Waals surface area contributed by atoms with Crippen molar-refractivity contribution in [1.29, 1.82) is 0 Å². The third-order valence-corrected chi connectivity index (χ3v) is 4.18. The lowest BCUT2D eigenvalue weighted by Crippen LogP contribution is -2.22. The largest absolute Gasteiger partial charge is 0.372 e. The van der Waals surface area contributed by atoms with Gasteiger partial charge in [0.25, 0.3) is 0 Å². The Kier molecular flexibility index (Phi) is 4.24. The van der Waals surface area contributed by atoms with Crippen LogP contribution in [0.2, 0.25) is 5.02 Å². The molecule has 1 N–H and O–H groups in total. The maximum Gasteiger partial charge on any atom is 0.142 e. The van der Waals surface area contributed by atoms with Crippen molar-refractivity contribution in [1.82, 2.24) is 5.32 Å². The molecule has 1 atom stereocenters. The second kappa shape index (κ2) is 6.14. The first kappa shape index (κ1) is 14.5. The van der Waals surface area contributed by atoms with Crippen LogP contribution in [0.25, 0.3) is 0 Å². The van der Waals surface area contributed by atoms with Crippen molar-refractivity contribution >= 4 is 11.6 Å². The SMILES string of the molecule is CCNC(c1ccc2c(c1)COC2)c1cccc(F)c1Cl. The number of hydrogen-bond acceptors (Lipinski definition) is 2. The molecule has 0 aliphatic carbocycles. The number of benzene rings is 2. The van der Waals surface area contributed by atoms with Crippen LogP contribution in [0.4, 0.5) is 4.39 Å². The quantitative estimate of drug-likeness (QED) is 0.913. The van der Waals surface area contributed by atoms with E-state index in [0.717, 1.165) is 17.7 Å². The normalized spacial score (nSPS) is 15.0. The highest BCUT2D eigenvalue weighted by atomic mass is 35.5. The predicted molar refractivity (Wildman–Crippen MR) is 81.9 cm³/mol. The number of nitrogens with one attached hydrogen (secondary N) is 1. The Morgan fingerprint density at radius 2 is 2.05 bits per heavy atom. The summed E-state index contributed by atoms with van der Waals surface area (Å²) in [7, 11) is 0. The molecule has 0 radical (unpaired) electrons. The fourth-order valence-electron chi connectivity index (χ4n) is 2.73. The van der Waals surface area contributed by atoms with E-state index >= 15 is 0 Å². The van der Waals surface area contributed by atoms with Gasteiger partial charge in [-0.3, -0.25) is 0 Å². The molecule has 0 bridgehead atoms. The molecule has 1 aliphatic rings. The van der Waals surface area contributed by atoms with Crippen molar-refractivity contribution in [2.24, 2.45) is 0 Å². The monoisotopic (exact) mass is 305 g/mol. The maximum absolute atomic E-state index is 13.7. The van der Waals surface area contributed by atoms with Crippen molar-refractivity contribution in [3.8, 4) is 0 Å². The van der Waals surface area contributed by atoms with Gasteiger partial charge in [0.15, 0.2) is 0 Å². The minimum Gasteiger partial charge on any atom is -0.372 e. The fourth-order valence-corrected chi connectivity index (χ4v) is 2.96. The predicted octanol–water partition coefficient (Wildman–Crippen LogP) is 4.21. The molecule has 0 fully saturated rings. The minimum atomic E-state index is -0.387. The second-order valence-electron chi connectivity index (χ2n) is 5.15. The molecule has 3 rings (SSSR count). The molecule has 2 aromatic carbocycles. The maximum atomic E-state index is 13.7. The third kappa shape index (κ3) is 2.82. The van der Waals surface area contributed by atoms with Crippen molar-refractivity contribution in [3.63, 3.8) is 0 Å². The van der Waals surface area contributed by atoms with Gasteiger partial charge in [0.2, 0.25) is 0 Å². The summed E-state index contributed by atoms with van der Waals surface area (Å²) in [4.78, 5) is 0. The van der Waals surface area contributed by atoms with Gasteiger partial charge in [-0.2, -0.15) is 0 Å². The fraction of sp³-hybridized carbons (Fsp3) is 0.294. The van der Waals surface area contributed by atoms with Gasteiger partial charge in [0.05, 0.1) is 24.3 Å². The smallest absolute Gasteiger partial charge is 0.142 e. The van der Waals surface area contributed by atoms with E-state index in [4.69, 9.17) is 16.3 Å². The number of fused-ring (bicyclic) bond motifs is 1. The van der Waals surface area contributed by atoms with E-state index in [9.17, 15) is 4.39 Å². The molecule has 1 heterocycles. The molecule has 4 heteroatoms. The van der Waals surface area contributed by atoms with Crippen molar-refractivity contribution in [3.05, 3.63) is 69.5 Å². The molecule has 110 valence electrons. The third-order valence-electron chi connectivity index (χ3n) is 3.78. The summed E-state index contributed by atoms with van der Waals surface area (Å²) in [6, 6.07) is 11.1. The van der Waals surface area contributed by atoms with Gasteiger partial charge in [0.1, 0.15) is 5.82 Å². The van der Waals surface area contributed by atoms with Crippen molar-refractivity contribution in [2.45, 2.75) is 26.2 Å². The summed E-state index contributed by atoms with van der Waals surface area (Å²) in [6.07, 6.45) is 0. The van der Waals surface area contributed by atoms with Gasteiger partial charge in [-0.25, -0.2) is 4.39 Å². The van der Waals surface area contributed by atoms with Gasteiger partial charge in [-0.15, -0.1) is 0 Å². The Bertz CT molecular complexity index is 659. The van der Waals surface area contributed by atoms with E-state index in [-0.39, 0.29) is 16.9 Å². The molecule has 1 aliphatic heterocycles. The Hall–Kier alpha value is -1.42. The van der Waals surface area contributed by atoms with E-state index in [0.29, 0.717) is 13.2 Å². The lowest BCUT2D eigenvalue weighted by atomic mass is 9.95. The first-order chi connectivity index (χ1) is 10.2. The molecule has 0 saturated carbocycles. The zero-order chi connectivity index (χ0) is 14.8. The molecule has 0 saturated heterocycles. The van der Waals surface area contributed by atoms with Gasteiger partial charge in [0, 0.05) is 0 Å². The summed E-state index contributed by atoms with van der Waals surface area (Å²) in [5, 5.41) is 3.56. The molecule has 2 nitrogen and oxygen atoms in total. The van der Waals surface area contributed by atoms with Crippen LogP contribution >= 0.6 is 11.6 Å². The number of halogens is 2. The average molecular weight is 306 g/mol. The van der Waals surface area contributed by atoms with Gasteiger partial charge < -0.3 is 10.1 Å². The summed E-state index contributed by atoms with van der Waals surface area (Å²) in [6.45, 7) is 4.10. The van der Waals surface area contributed by atoms with Gasteiger partial charge in [-0.05, 0) is 34.9 Å². The van der Waals surface area contributed by atoms with Crippen LogP contribution in [0, 0.1) is 5.82 Å². The topological polar surface area (TPSA) is 21.3 Å². The Balaban J connectivity index is 2.03. The van der Waals surface area contributed by atoms with Crippen LogP contribution in [0.15, 0.2) is 36.4 Å². The van der Waals surface area contributed by atoms with E-state index < -0.39 is 0 Å². The Labute approximate surface area is 128 Å². The first-order valence-corrected chi connectivity index (χ1v) is 7.45. The van der Waals surface area contributed by atoms with E-state index in [1.54, 1.807) is 6.07 Å². The second-order valence-corrected chi connectivity index (χ2v) is 5.53. The van der Waals surface area contributed by atoms with E-state index in [2.05, 4.69) is 23.5 Å². The number of ether oxygens (including phenoxy) is 1. The summed E-state index contributed by atoms with van der Waals surface area (Å²) < 4.78 is 19.2. The number of hydrogen-bond donors (Lipinski definition) is 1. The van der Waals surface area contributed by atoms with Gasteiger partial charge in [-0.1, -0.05) is 48.9 Å². The summed E-state index contributed by atoms with van der Waals surface area (Å²) in [5.41, 5.74) is 4.26. The zero-order valence-electron chi connectivity index (χ0n) is 11.8. The molecule has 0 amide bonds. The minimum absolute atomic E-state index is 0.121. The standard InChI is InChI=1S/C17H17ClFNO/c1-2-20-17(14-4-3-5-15(19)16(14)18)11-6-7-12-9-21-10-13(12)8-11/h3-8,17,20H,2,9-10H2,1H3. The lowest BCUT2D eigenvalue weighted by molar-refractivity contribution is 0.134. The van der Waals surface area contributed by atoms with E-state index in [1.807, 2.05) is 13.0 Å². The molecule has 1 unspecified atom stereocenters. The molecule has 21 heavy (non-hydrogen) atoms. The molecule has 0 spiro atoms. The van der Waals surface area contributed by atoms with Crippen LogP contribution in [-0.2, 0) is 18.0 Å². The summed E-state index contributed by atoms with van der Waals surface area (Å²) in [5.74, 6) is -0.387. The summed E-state index contributed by atoms with van der Waals surface area (Å²) >= 11 is 6.15. The Morgan fingerprint density at radius 1 is 1.24 bits per heavy atom. The molecule has 2 aromatic rings. The molecular formula is C17H17ClFNO. The van der Waals surface area contributed by atoms with Crippen molar-refractivity contribution < 1.29 is 9.13 Å². The average Bonchev–Trinajstić information content (AvgIpc) is 2.95. The first-order valence-electron chi connectivity index (χ1n) is 7.07. The Morgan fingerprint density at radius 3 is 2.86 bits per heavy atom. The highest BCUT2D eigenvalue weighted by Crippen LogP contribution is 2.32. The number of rotatable bonds is 4. The zero-order valence-corrected chi connectivity index (χ0v) is 12.6. The lowest BCUT2D eigenvalue weighted by Gasteiger charge is -2.21. The highest BCUT2D eigenvalue weighted by Gasteiger charge is 2.20. The van der Waals surface area contributed by atoms with Crippen LogP contribution in [0.3, 0.4) is 0 Å². The molecular weight excluding hydrogens is 289 g/mol. The molecule has 0 aromatic heterocycles. The van der Waals surface area contributed by atoms with Crippen molar-refractivity contribution in [2.75, 3.05) is 6.54 Å². The van der Waals surface area contributed by atoms with Crippen LogP contribution in [0.5, 0.6) is 0 Å².